The number of nitrogens with zero attached hydrogens (tertiary/aromatic N) is 1. The molecule has 2 aromatic heterocycles. The normalized spacial score (nSPS) is 10.7. The summed E-state index contributed by atoms with van der Waals surface area (Å²) in [4.78, 5) is 28.1. The zero-order chi connectivity index (χ0) is 16.4. The van der Waals surface area contributed by atoms with Crippen molar-refractivity contribution in [3.05, 3.63) is 46.0 Å². The summed E-state index contributed by atoms with van der Waals surface area (Å²) >= 11 is 2.32. The van der Waals surface area contributed by atoms with Crippen LogP contribution in [0.4, 0.5) is 9.52 Å². The number of ether oxygens (including phenoxy) is 1. The minimum absolute atomic E-state index is 0.148. The van der Waals surface area contributed by atoms with E-state index in [4.69, 9.17) is 4.74 Å². The lowest BCUT2D eigenvalue weighted by Crippen LogP contribution is -2.10. The highest BCUT2D eigenvalue weighted by molar-refractivity contribution is 7.21. The molecule has 0 fully saturated rings. The van der Waals surface area contributed by atoms with Crippen molar-refractivity contribution in [1.29, 1.82) is 0 Å². The van der Waals surface area contributed by atoms with Crippen molar-refractivity contribution in [1.82, 2.24) is 4.98 Å². The van der Waals surface area contributed by atoms with Crippen LogP contribution in [-0.4, -0.2) is 23.5 Å². The molecule has 1 aromatic carbocycles. The second kappa shape index (κ2) is 6.43. The Labute approximate surface area is 138 Å². The Morgan fingerprint density at radius 2 is 2.22 bits per heavy atom. The maximum absolute atomic E-state index is 13.7. The predicted molar refractivity (Wildman–Crippen MR) is 87.8 cm³/mol. The molecule has 0 unspecified atom stereocenters. The van der Waals surface area contributed by atoms with Crippen molar-refractivity contribution < 1.29 is 18.7 Å². The molecule has 0 saturated heterocycles. The van der Waals surface area contributed by atoms with E-state index >= 15 is 0 Å². The molecule has 0 spiro atoms. The van der Waals surface area contributed by atoms with Gasteiger partial charge in [-0.2, -0.15) is 0 Å². The fourth-order valence-electron chi connectivity index (χ4n) is 1.93. The molecule has 3 rings (SSSR count). The second-order valence-corrected chi connectivity index (χ2v) is 6.42. The van der Waals surface area contributed by atoms with Crippen molar-refractivity contribution in [2.45, 2.75) is 6.92 Å². The summed E-state index contributed by atoms with van der Waals surface area (Å²) in [5.41, 5.74) is 0.148. The summed E-state index contributed by atoms with van der Waals surface area (Å²) in [6.07, 6.45) is 0. The highest BCUT2D eigenvalue weighted by atomic mass is 32.1. The lowest BCUT2D eigenvalue weighted by Gasteiger charge is -1.98. The number of anilines is 1. The van der Waals surface area contributed by atoms with Gasteiger partial charge in [0.05, 0.1) is 11.5 Å². The number of thiophene rings is 1. The lowest BCUT2D eigenvalue weighted by molar-refractivity contribution is 0.0520. The van der Waals surface area contributed by atoms with Crippen LogP contribution in [0.15, 0.2) is 29.6 Å². The monoisotopic (exact) mass is 350 g/mol. The van der Waals surface area contributed by atoms with E-state index in [1.165, 1.54) is 28.8 Å². The van der Waals surface area contributed by atoms with Crippen LogP contribution in [0.5, 0.6) is 0 Å². The quantitative estimate of drug-likeness (QED) is 0.724. The number of amides is 1. The molecule has 1 N–H and O–H groups in total. The van der Waals surface area contributed by atoms with Crippen molar-refractivity contribution in [2.75, 3.05) is 11.9 Å². The minimum atomic E-state index is -0.534. The average molecular weight is 350 g/mol. The van der Waals surface area contributed by atoms with Gasteiger partial charge in [-0.3, -0.25) is 10.1 Å². The predicted octanol–water partition coefficient (Wildman–Crippen LogP) is 3.93. The van der Waals surface area contributed by atoms with Crippen LogP contribution in [0.2, 0.25) is 0 Å². The number of carbonyl (C=O) groups excluding carboxylic acids is 2. The van der Waals surface area contributed by atoms with E-state index in [9.17, 15) is 14.0 Å². The molecule has 0 bridgehead atoms. The summed E-state index contributed by atoms with van der Waals surface area (Å²) in [5, 5.41) is 4.82. The first-order valence-corrected chi connectivity index (χ1v) is 8.40. The first-order valence-electron chi connectivity index (χ1n) is 6.70. The second-order valence-electron chi connectivity index (χ2n) is 4.47. The molecular weight excluding hydrogens is 339 g/mol. The average Bonchev–Trinajstić information content (AvgIpc) is 3.15. The summed E-state index contributed by atoms with van der Waals surface area (Å²) < 4.78 is 19.2. The Morgan fingerprint density at radius 1 is 1.39 bits per heavy atom. The molecule has 2 heterocycles. The van der Waals surface area contributed by atoms with Gasteiger partial charge in [0.2, 0.25) is 0 Å². The number of carbonyl (C=O) groups is 2. The van der Waals surface area contributed by atoms with Gasteiger partial charge in [0, 0.05) is 15.5 Å². The van der Waals surface area contributed by atoms with E-state index in [0.717, 1.165) is 11.3 Å². The molecule has 0 aliphatic rings. The Bertz CT molecular complexity index is 888. The SMILES string of the molecule is CCOC(=O)c1csc(NC(=O)c2cc3c(F)cccc3s2)n1. The molecule has 1 amide bonds. The molecule has 0 aliphatic carbocycles. The van der Waals surface area contributed by atoms with Gasteiger partial charge in [-0.1, -0.05) is 6.07 Å². The summed E-state index contributed by atoms with van der Waals surface area (Å²) in [6, 6.07) is 6.21. The van der Waals surface area contributed by atoms with Crippen LogP contribution in [-0.2, 0) is 4.74 Å². The molecular formula is C15H11FN2O3S2. The molecule has 8 heteroatoms. The number of esters is 1. The fraction of sp³-hybridized carbons (Fsp3) is 0.133. The van der Waals surface area contributed by atoms with Gasteiger partial charge in [0.25, 0.3) is 5.91 Å². The van der Waals surface area contributed by atoms with E-state index in [0.29, 0.717) is 15.0 Å². The van der Waals surface area contributed by atoms with Crippen molar-refractivity contribution in [3.8, 4) is 0 Å². The van der Waals surface area contributed by atoms with Crippen LogP contribution < -0.4 is 5.32 Å². The maximum atomic E-state index is 13.7. The first-order chi connectivity index (χ1) is 11.1. The van der Waals surface area contributed by atoms with Gasteiger partial charge in [-0.05, 0) is 25.1 Å². The first kappa shape index (κ1) is 15.6. The van der Waals surface area contributed by atoms with Crippen LogP contribution in [0.1, 0.15) is 27.1 Å². The van der Waals surface area contributed by atoms with E-state index in [-0.39, 0.29) is 23.2 Å². The standard InChI is InChI=1S/C15H11FN2O3S2/c1-2-21-14(20)10-7-22-15(17-10)18-13(19)12-6-8-9(16)4-3-5-11(8)23-12/h3-7H,2H2,1H3,(H,17,18,19). The number of nitrogens with one attached hydrogen (secondary N) is 1. The van der Waals surface area contributed by atoms with Crippen LogP contribution >= 0.6 is 22.7 Å². The van der Waals surface area contributed by atoms with E-state index < -0.39 is 11.9 Å². The molecule has 3 aromatic rings. The number of aromatic nitrogens is 1. The van der Waals surface area contributed by atoms with Crippen molar-refractivity contribution >= 4 is 49.8 Å². The van der Waals surface area contributed by atoms with Crippen molar-refractivity contribution in [3.63, 3.8) is 0 Å². The van der Waals surface area contributed by atoms with Gasteiger partial charge in [0.1, 0.15) is 5.82 Å². The van der Waals surface area contributed by atoms with Gasteiger partial charge < -0.3 is 4.74 Å². The lowest BCUT2D eigenvalue weighted by atomic mass is 10.2. The van der Waals surface area contributed by atoms with Crippen LogP contribution in [0, 0.1) is 5.82 Å². The third-order valence-electron chi connectivity index (χ3n) is 2.94. The van der Waals surface area contributed by atoms with Crippen LogP contribution in [0.3, 0.4) is 0 Å². The topological polar surface area (TPSA) is 68.3 Å². The summed E-state index contributed by atoms with van der Waals surface area (Å²) in [5.74, 6) is -1.29. The van der Waals surface area contributed by atoms with E-state index in [2.05, 4.69) is 10.3 Å². The smallest absolute Gasteiger partial charge is 0.357 e. The van der Waals surface area contributed by atoms with Gasteiger partial charge in [-0.25, -0.2) is 14.2 Å². The molecule has 0 atom stereocenters. The maximum Gasteiger partial charge on any atom is 0.357 e. The molecule has 118 valence electrons. The van der Waals surface area contributed by atoms with E-state index in [1.807, 2.05) is 0 Å². The largest absolute Gasteiger partial charge is 0.461 e. The van der Waals surface area contributed by atoms with Gasteiger partial charge in [-0.15, -0.1) is 22.7 Å². The number of halogens is 1. The number of fused-ring (bicyclic) bond motifs is 1. The fourth-order valence-corrected chi connectivity index (χ4v) is 3.57. The summed E-state index contributed by atoms with van der Waals surface area (Å²) in [6.45, 7) is 1.96. The van der Waals surface area contributed by atoms with E-state index in [1.54, 1.807) is 19.1 Å². The highest BCUT2D eigenvalue weighted by Crippen LogP contribution is 2.28. The Hall–Kier alpha value is -2.32. The number of thiazole rings is 1. The van der Waals surface area contributed by atoms with Crippen LogP contribution in [0.25, 0.3) is 10.1 Å². The molecule has 0 aliphatic heterocycles. The number of hydrogen-bond acceptors (Lipinski definition) is 6. The van der Waals surface area contributed by atoms with Crippen molar-refractivity contribution in [2.24, 2.45) is 0 Å². The minimum Gasteiger partial charge on any atom is -0.461 e. The summed E-state index contributed by atoms with van der Waals surface area (Å²) in [7, 11) is 0. The zero-order valence-electron chi connectivity index (χ0n) is 12.0. The third-order valence-corrected chi connectivity index (χ3v) is 4.80. The Kier molecular flexibility index (Phi) is 4.35. The van der Waals surface area contributed by atoms with Gasteiger partial charge in [0.15, 0.2) is 10.8 Å². The molecule has 0 radical (unpaired) electrons. The van der Waals surface area contributed by atoms with Gasteiger partial charge >= 0.3 is 5.97 Å². The third kappa shape index (κ3) is 3.22. The zero-order valence-corrected chi connectivity index (χ0v) is 13.6. The molecule has 5 nitrogen and oxygen atoms in total. The Morgan fingerprint density at radius 3 is 2.96 bits per heavy atom. The molecule has 0 saturated carbocycles. The Balaban J connectivity index is 1.78. The molecule has 23 heavy (non-hydrogen) atoms. The number of rotatable bonds is 4. The highest BCUT2D eigenvalue weighted by Gasteiger charge is 2.16. The number of hydrogen-bond donors (Lipinski definition) is 1. The number of benzene rings is 1.